The van der Waals surface area contributed by atoms with Gasteiger partial charge in [0.25, 0.3) is 0 Å². The molecular formula is C13H18N2O3. The maximum atomic E-state index is 12.0. The number of amides is 2. The summed E-state index contributed by atoms with van der Waals surface area (Å²) in [5.74, 6) is 0.752. The molecule has 0 unspecified atom stereocenters. The van der Waals surface area contributed by atoms with Gasteiger partial charge in [-0.1, -0.05) is 0 Å². The van der Waals surface area contributed by atoms with E-state index in [4.69, 9.17) is 4.74 Å². The molecule has 1 aliphatic heterocycles. The highest BCUT2D eigenvalue weighted by Crippen LogP contribution is 2.19. The lowest BCUT2D eigenvalue weighted by Gasteiger charge is -2.23. The average Bonchev–Trinajstić information content (AvgIpc) is 2.88. The fourth-order valence-electron chi connectivity index (χ4n) is 2.16. The number of aliphatic hydroxyl groups excluding tert-OH is 1. The van der Waals surface area contributed by atoms with E-state index in [1.54, 1.807) is 36.3 Å². The van der Waals surface area contributed by atoms with Gasteiger partial charge >= 0.3 is 6.03 Å². The molecule has 1 saturated heterocycles. The zero-order valence-corrected chi connectivity index (χ0v) is 10.4. The lowest BCUT2D eigenvalue weighted by Crippen LogP contribution is -2.40. The number of hydrogen-bond acceptors (Lipinski definition) is 3. The number of benzene rings is 1. The normalized spacial score (nSPS) is 18.8. The fourth-order valence-corrected chi connectivity index (χ4v) is 2.16. The molecule has 5 heteroatoms. The van der Waals surface area contributed by atoms with E-state index < -0.39 is 0 Å². The Morgan fingerprint density at radius 2 is 2.22 bits per heavy atom. The Morgan fingerprint density at radius 1 is 1.50 bits per heavy atom. The van der Waals surface area contributed by atoms with Crippen molar-refractivity contribution in [1.82, 2.24) is 4.90 Å². The van der Waals surface area contributed by atoms with E-state index in [0.717, 1.165) is 24.3 Å². The second-order valence-electron chi connectivity index (χ2n) is 4.33. The van der Waals surface area contributed by atoms with Gasteiger partial charge in [0.1, 0.15) is 5.75 Å². The number of anilines is 1. The van der Waals surface area contributed by atoms with E-state index in [2.05, 4.69) is 5.32 Å². The average molecular weight is 250 g/mol. The van der Waals surface area contributed by atoms with E-state index in [1.807, 2.05) is 0 Å². The summed E-state index contributed by atoms with van der Waals surface area (Å²) in [7, 11) is 1.60. The summed E-state index contributed by atoms with van der Waals surface area (Å²) in [6.45, 7) is 0.725. The third-order valence-electron chi connectivity index (χ3n) is 3.19. The first-order chi connectivity index (χ1) is 8.74. The number of rotatable bonds is 3. The van der Waals surface area contributed by atoms with Crippen LogP contribution in [0.5, 0.6) is 5.75 Å². The summed E-state index contributed by atoms with van der Waals surface area (Å²) in [5, 5.41) is 12.0. The minimum atomic E-state index is -0.156. The molecule has 0 spiro atoms. The van der Waals surface area contributed by atoms with E-state index >= 15 is 0 Å². The first-order valence-corrected chi connectivity index (χ1v) is 6.07. The number of ether oxygens (including phenoxy) is 1. The summed E-state index contributed by atoms with van der Waals surface area (Å²) in [4.78, 5) is 13.7. The van der Waals surface area contributed by atoms with Crippen molar-refractivity contribution in [3.05, 3.63) is 24.3 Å². The Hall–Kier alpha value is -1.75. The van der Waals surface area contributed by atoms with Crippen molar-refractivity contribution in [3.63, 3.8) is 0 Å². The molecule has 0 saturated carbocycles. The number of nitrogens with zero attached hydrogens (tertiary/aromatic N) is 1. The first kappa shape index (κ1) is 12.7. The number of carbonyl (C=O) groups is 1. The lowest BCUT2D eigenvalue weighted by atomic mass is 10.2. The molecule has 0 aliphatic carbocycles. The van der Waals surface area contributed by atoms with Crippen molar-refractivity contribution >= 4 is 11.7 Å². The number of carbonyl (C=O) groups excluding carboxylic acids is 1. The predicted molar refractivity (Wildman–Crippen MR) is 68.8 cm³/mol. The van der Waals surface area contributed by atoms with Crippen LogP contribution >= 0.6 is 0 Å². The predicted octanol–water partition coefficient (Wildman–Crippen LogP) is 1.68. The second kappa shape index (κ2) is 5.73. The topological polar surface area (TPSA) is 61.8 Å². The van der Waals surface area contributed by atoms with E-state index in [0.29, 0.717) is 6.54 Å². The standard InChI is InChI=1S/C13H18N2O3/c1-18-12-6-4-10(5-7-12)14-13(17)15-8-2-3-11(15)9-16/h4-7,11,16H,2-3,8-9H2,1H3,(H,14,17)/t11-/m1/s1. The van der Waals surface area contributed by atoms with Gasteiger partial charge in [0.2, 0.25) is 0 Å². The fraction of sp³-hybridized carbons (Fsp3) is 0.462. The van der Waals surface area contributed by atoms with Crippen molar-refractivity contribution in [2.24, 2.45) is 0 Å². The molecule has 2 rings (SSSR count). The minimum absolute atomic E-state index is 0.0238. The van der Waals surface area contributed by atoms with Crippen LogP contribution < -0.4 is 10.1 Å². The second-order valence-corrected chi connectivity index (χ2v) is 4.33. The largest absolute Gasteiger partial charge is 0.497 e. The molecule has 18 heavy (non-hydrogen) atoms. The quantitative estimate of drug-likeness (QED) is 0.858. The maximum Gasteiger partial charge on any atom is 0.322 e. The van der Waals surface area contributed by atoms with Gasteiger partial charge < -0.3 is 20.1 Å². The van der Waals surface area contributed by atoms with E-state index in [9.17, 15) is 9.90 Å². The Bertz CT molecular complexity index is 405. The first-order valence-electron chi connectivity index (χ1n) is 6.07. The Morgan fingerprint density at radius 3 is 2.83 bits per heavy atom. The van der Waals surface area contributed by atoms with Crippen LogP contribution in [0.1, 0.15) is 12.8 Å². The van der Waals surface area contributed by atoms with Gasteiger partial charge in [0.05, 0.1) is 19.8 Å². The molecule has 2 N–H and O–H groups in total. The molecule has 1 aliphatic rings. The van der Waals surface area contributed by atoms with Gasteiger partial charge in [-0.15, -0.1) is 0 Å². The van der Waals surface area contributed by atoms with Crippen LogP contribution in [0.25, 0.3) is 0 Å². The number of urea groups is 1. The van der Waals surface area contributed by atoms with Gasteiger partial charge in [-0.25, -0.2) is 4.79 Å². The summed E-state index contributed by atoms with van der Waals surface area (Å²) in [6.07, 6.45) is 1.81. The van der Waals surface area contributed by atoms with Crippen molar-refractivity contribution < 1.29 is 14.6 Å². The lowest BCUT2D eigenvalue weighted by molar-refractivity contribution is 0.166. The number of methoxy groups -OCH3 is 1. The van der Waals surface area contributed by atoms with Crippen molar-refractivity contribution in [2.75, 3.05) is 25.6 Å². The number of hydrogen-bond donors (Lipinski definition) is 2. The van der Waals surface area contributed by atoms with Gasteiger partial charge in [-0.3, -0.25) is 0 Å². The Kier molecular flexibility index (Phi) is 4.04. The van der Waals surface area contributed by atoms with Crippen LogP contribution in [0, 0.1) is 0 Å². The third-order valence-corrected chi connectivity index (χ3v) is 3.19. The minimum Gasteiger partial charge on any atom is -0.497 e. The molecule has 1 heterocycles. The molecule has 1 atom stereocenters. The number of aliphatic hydroxyl groups is 1. The van der Waals surface area contributed by atoms with Gasteiger partial charge in [-0.2, -0.15) is 0 Å². The molecule has 1 fully saturated rings. The molecule has 0 bridgehead atoms. The molecule has 0 radical (unpaired) electrons. The summed E-state index contributed by atoms with van der Waals surface area (Å²) >= 11 is 0. The molecule has 2 amide bonds. The molecule has 98 valence electrons. The monoisotopic (exact) mass is 250 g/mol. The van der Waals surface area contributed by atoms with Crippen LogP contribution in [-0.4, -0.2) is 42.3 Å². The highest BCUT2D eigenvalue weighted by Gasteiger charge is 2.27. The van der Waals surface area contributed by atoms with Gasteiger partial charge in [-0.05, 0) is 37.1 Å². The zero-order valence-electron chi connectivity index (χ0n) is 10.4. The maximum absolute atomic E-state index is 12.0. The van der Waals surface area contributed by atoms with Crippen molar-refractivity contribution in [1.29, 1.82) is 0 Å². The van der Waals surface area contributed by atoms with Crippen LogP contribution in [-0.2, 0) is 0 Å². The van der Waals surface area contributed by atoms with Crippen LogP contribution in [0.2, 0.25) is 0 Å². The van der Waals surface area contributed by atoms with Crippen LogP contribution in [0.3, 0.4) is 0 Å². The SMILES string of the molecule is COc1ccc(NC(=O)N2CCC[C@@H]2CO)cc1. The Balaban J connectivity index is 1.97. The number of nitrogens with one attached hydrogen (secondary N) is 1. The third kappa shape index (κ3) is 2.73. The van der Waals surface area contributed by atoms with Crippen molar-refractivity contribution in [3.8, 4) is 5.75 Å². The smallest absolute Gasteiger partial charge is 0.322 e. The zero-order chi connectivity index (χ0) is 13.0. The molecule has 0 aromatic heterocycles. The molecule has 1 aromatic carbocycles. The highest BCUT2D eigenvalue weighted by atomic mass is 16.5. The highest BCUT2D eigenvalue weighted by molar-refractivity contribution is 5.89. The molecular weight excluding hydrogens is 232 g/mol. The summed E-state index contributed by atoms with van der Waals surface area (Å²) < 4.78 is 5.05. The van der Waals surface area contributed by atoms with E-state index in [1.165, 1.54) is 0 Å². The summed E-state index contributed by atoms with van der Waals surface area (Å²) in [5.41, 5.74) is 0.726. The Labute approximate surface area is 106 Å². The molecule has 5 nitrogen and oxygen atoms in total. The summed E-state index contributed by atoms with van der Waals surface area (Å²) in [6, 6.07) is 6.97. The van der Waals surface area contributed by atoms with Crippen molar-refractivity contribution in [2.45, 2.75) is 18.9 Å². The van der Waals surface area contributed by atoms with Gasteiger partial charge in [0.15, 0.2) is 0 Å². The van der Waals surface area contributed by atoms with Crippen LogP contribution in [0.4, 0.5) is 10.5 Å². The number of likely N-dealkylation sites (tertiary alicyclic amines) is 1. The van der Waals surface area contributed by atoms with Crippen LogP contribution in [0.15, 0.2) is 24.3 Å². The molecule has 1 aromatic rings. The van der Waals surface area contributed by atoms with Gasteiger partial charge in [0, 0.05) is 12.2 Å². The van der Waals surface area contributed by atoms with E-state index in [-0.39, 0.29) is 18.7 Å².